The van der Waals surface area contributed by atoms with E-state index in [0.29, 0.717) is 12.5 Å². The Labute approximate surface area is 542 Å². The van der Waals surface area contributed by atoms with Crippen LogP contribution in [0.25, 0.3) is 55.6 Å². The number of ether oxygens (including phenoxy) is 1. The lowest BCUT2D eigenvalue weighted by Gasteiger charge is -2.35. The average Bonchev–Trinajstić information content (AvgIpc) is 1.53. The van der Waals surface area contributed by atoms with Gasteiger partial charge in [-0.15, -0.1) is 0 Å². The van der Waals surface area contributed by atoms with Crippen LogP contribution >= 0.6 is 0 Å². The minimum atomic E-state index is -0.717. The van der Waals surface area contributed by atoms with E-state index in [0.717, 1.165) is 45.4 Å². The maximum absolute atomic E-state index is 6.61. The molecular weight excluding hydrogens is 1110 g/mol. The Balaban J connectivity index is 0.905. The smallest absolute Gasteiger partial charge is 0.119 e. The molecule has 0 fully saturated rings. The van der Waals surface area contributed by atoms with Gasteiger partial charge in [0.15, 0.2) is 0 Å². The van der Waals surface area contributed by atoms with Crippen LogP contribution in [-0.2, 0) is 22.9 Å². The van der Waals surface area contributed by atoms with E-state index in [1.165, 1.54) is 106 Å². The van der Waals surface area contributed by atoms with Crippen LogP contribution in [0, 0.1) is 0 Å². The van der Waals surface area contributed by atoms with E-state index in [2.05, 4.69) is 361 Å². The third-order valence-corrected chi connectivity index (χ3v) is 20.3. The number of fused-ring (bicyclic) bond motifs is 9. The zero-order valence-corrected chi connectivity index (χ0v) is 53.0. The molecule has 16 rings (SSSR count). The molecule has 444 valence electrons. The van der Waals surface area contributed by atoms with Crippen LogP contribution in [0.15, 0.2) is 309 Å². The first kappa shape index (κ1) is 56.5. The van der Waals surface area contributed by atoms with Crippen molar-refractivity contribution in [1.82, 2.24) is 0 Å². The summed E-state index contributed by atoms with van der Waals surface area (Å²) in [5.41, 5.74) is 30.4. The highest BCUT2D eigenvalue weighted by molar-refractivity contribution is 5.95. The summed E-state index contributed by atoms with van der Waals surface area (Å²) in [6.07, 6.45) is 0. The number of nitrogens with zero attached hydrogens (tertiary/aromatic N) is 2. The third-order valence-electron chi connectivity index (χ3n) is 20.3. The molecule has 0 bridgehead atoms. The third kappa shape index (κ3) is 9.32. The van der Waals surface area contributed by atoms with E-state index in [-0.39, 0.29) is 10.8 Å². The fraction of sp³-hybridized carbons (Fsp3) is 0.124. The summed E-state index contributed by atoms with van der Waals surface area (Å²) in [7, 11) is 0. The molecule has 0 N–H and O–H groups in total. The number of rotatable bonds is 14. The van der Waals surface area contributed by atoms with Gasteiger partial charge >= 0.3 is 0 Å². The molecule has 0 aromatic heterocycles. The van der Waals surface area contributed by atoms with E-state index in [4.69, 9.17) is 4.74 Å². The predicted octanol–water partition coefficient (Wildman–Crippen LogP) is 23.6. The van der Waals surface area contributed by atoms with Gasteiger partial charge in [-0.3, -0.25) is 0 Å². The molecule has 0 amide bonds. The van der Waals surface area contributed by atoms with Crippen molar-refractivity contribution < 1.29 is 4.74 Å². The fourth-order valence-electron chi connectivity index (χ4n) is 15.5. The van der Waals surface area contributed by atoms with Crippen LogP contribution in [0.1, 0.15) is 103 Å². The summed E-state index contributed by atoms with van der Waals surface area (Å²) in [5, 5.41) is 0. The molecule has 3 aliphatic rings. The van der Waals surface area contributed by atoms with Gasteiger partial charge in [0.05, 0.1) is 5.41 Å². The molecule has 0 saturated heterocycles. The highest BCUT2D eigenvalue weighted by Crippen LogP contribution is 2.60. The van der Waals surface area contributed by atoms with E-state index in [1.54, 1.807) is 0 Å². The first-order valence-electron chi connectivity index (χ1n) is 32.5. The fourth-order valence-corrected chi connectivity index (χ4v) is 15.5. The number of benzene rings is 13. The summed E-state index contributed by atoms with van der Waals surface area (Å²) < 4.78 is 6.61. The summed E-state index contributed by atoms with van der Waals surface area (Å²) in [6, 6.07) is 115. The Hall–Kier alpha value is -10.7. The van der Waals surface area contributed by atoms with Gasteiger partial charge < -0.3 is 14.5 Å². The standard InChI is InChI=1S/C89H72N2O/c1-59(2)61-32-30-60(31-33-61)58-92-74-48-38-67(39-49-74)89(66-24-14-9-15-25-66)83-52-46-70(90(68-40-34-64(35-41-68)62-20-10-7-11-21-62)72-44-50-77-75-26-16-18-28-81(75)87(3,4)85(77)56-72)54-79(83)80-55-71(47-53-84(80)89)91(69-42-36-65(37-43-69)63-22-12-8-13-23-63)73-45-51-78-76-27-17-19-29-82(76)88(5,6)86(78)57-73/h7-57,59H,58H2,1-6H3. The second-order valence-corrected chi connectivity index (χ2v) is 26.6. The molecule has 0 atom stereocenters. The molecular formula is C89H72N2O. The molecule has 0 radical (unpaired) electrons. The molecule has 3 heteroatoms. The molecule has 3 aliphatic carbocycles. The van der Waals surface area contributed by atoms with E-state index in [9.17, 15) is 0 Å². The molecule has 92 heavy (non-hydrogen) atoms. The summed E-state index contributed by atoms with van der Waals surface area (Å²) in [6.45, 7) is 14.5. The molecule has 0 unspecified atom stereocenters. The molecule has 13 aromatic rings. The largest absolute Gasteiger partial charge is 0.489 e. The topological polar surface area (TPSA) is 15.7 Å². The van der Waals surface area contributed by atoms with E-state index < -0.39 is 5.41 Å². The molecule has 0 saturated carbocycles. The zero-order valence-electron chi connectivity index (χ0n) is 53.0. The maximum Gasteiger partial charge on any atom is 0.119 e. The van der Waals surface area contributed by atoms with Gasteiger partial charge in [-0.2, -0.15) is 0 Å². The molecule has 0 heterocycles. The van der Waals surface area contributed by atoms with Gasteiger partial charge in [0.2, 0.25) is 0 Å². The van der Waals surface area contributed by atoms with Gasteiger partial charge in [0.1, 0.15) is 12.4 Å². The Kier molecular flexibility index (Phi) is 13.7. The SMILES string of the molecule is CC(C)c1ccc(COc2ccc(C3(c4ccccc4)c4ccc(N(c5ccc(-c6ccccc6)cc5)c5ccc6c(c5)C(C)(C)c5ccccc5-6)cc4-c4cc(N(c5ccc(-c6ccccc6)cc5)c5ccc6c(c5)C(C)(C)c5ccccc5-6)ccc43)cc2)cc1. The number of hydrogen-bond donors (Lipinski definition) is 0. The second kappa shape index (κ2) is 22.3. The molecule has 13 aromatic carbocycles. The minimum Gasteiger partial charge on any atom is -0.489 e. The van der Waals surface area contributed by atoms with Crippen molar-refractivity contribution >= 4 is 34.1 Å². The maximum atomic E-state index is 6.61. The first-order valence-corrected chi connectivity index (χ1v) is 32.5. The van der Waals surface area contributed by atoms with Gasteiger partial charge in [0, 0.05) is 45.0 Å². The van der Waals surface area contributed by atoms with E-state index >= 15 is 0 Å². The van der Waals surface area contributed by atoms with Crippen LogP contribution in [0.5, 0.6) is 5.75 Å². The van der Waals surface area contributed by atoms with Crippen molar-refractivity contribution in [3.63, 3.8) is 0 Å². The Morgan fingerprint density at radius 1 is 0.293 bits per heavy atom. The van der Waals surface area contributed by atoms with Gasteiger partial charge in [-0.1, -0.05) is 266 Å². The lowest BCUT2D eigenvalue weighted by Crippen LogP contribution is -2.28. The normalized spacial score (nSPS) is 13.9. The number of anilines is 6. The van der Waals surface area contributed by atoms with Crippen molar-refractivity contribution in [2.24, 2.45) is 0 Å². The van der Waals surface area contributed by atoms with Crippen molar-refractivity contribution in [3.05, 3.63) is 365 Å². The summed E-state index contributed by atoms with van der Waals surface area (Å²) in [4.78, 5) is 4.96. The average molecular weight is 1190 g/mol. The van der Waals surface area contributed by atoms with Crippen LogP contribution in [0.4, 0.5) is 34.1 Å². The van der Waals surface area contributed by atoms with Gasteiger partial charge in [-0.05, 0) is 202 Å². The minimum absolute atomic E-state index is 0.195. The van der Waals surface area contributed by atoms with Crippen molar-refractivity contribution in [1.29, 1.82) is 0 Å². The van der Waals surface area contributed by atoms with Crippen molar-refractivity contribution in [3.8, 4) is 61.4 Å². The second-order valence-electron chi connectivity index (χ2n) is 26.6. The van der Waals surface area contributed by atoms with Crippen molar-refractivity contribution in [2.75, 3.05) is 9.80 Å². The highest BCUT2D eigenvalue weighted by atomic mass is 16.5. The van der Waals surface area contributed by atoms with Crippen LogP contribution in [0.3, 0.4) is 0 Å². The lowest BCUT2D eigenvalue weighted by molar-refractivity contribution is 0.306. The summed E-state index contributed by atoms with van der Waals surface area (Å²) in [5.74, 6) is 1.30. The monoisotopic (exact) mass is 1180 g/mol. The molecule has 0 aliphatic heterocycles. The Morgan fingerprint density at radius 3 is 1.12 bits per heavy atom. The van der Waals surface area contributed by atoms with Gasteiger partial charge in [-0.25, -0.2) is 0 Å². The van der Waals surface area contributed by atoms with Crippen LogP contribution < -0.4 is 14.5 Å². The van der Waals surface area contributed by atoms with Crippen molar-refractivity contribution in [2.45, 2.75) is 70.3 Å². The first-order chi connectivity index (χ1) is 44.9. The van der Waals surface area contributed by atoms with Gasteiger partial charge in [0.25, 0.3) is 0 Å². The summed E-state index contributed by atoms with van der Waals surface area (Å²) >= 11 is 0. The predicted molar refractivity (Wildman–Crippen MR) is 384 cm³/mol. The molecule has 3 nitrogen and oxygen atoms in total. The van der Waals surface area contributed by atoms with E-state index in [1.807, 2.05) is 0 Å². The highest BCUT2D eigenvalue weighted by Gasteiger charge is 2.47. The number of hydrogen-bond acceptors (Lipinski definition) is 3. The zero-order chi connectivity index (χ0) is 62.3. The quantitative estimate of drug-likeness (QED) is 0.108. The Morgan fingerprint density at radius 2 is 0.663 bits per heavy atom. The van der Waals surface area contributed by atoms with Crippen LogP contribution in [-0.4, -0.2) is 0 Å². The Bertz CT molecular complexity index is 4670. The molecule has 0 spiro atoms. The lowest BCUT2D eigenvalue weighted by atomic mass is 9.67. The van der Waals surface area contributed by atoms with Crippen LogP contribution in [0.2, 0.25) is 0 Å².